The molecule has 2 saturated heterocycles. The highest BCUT2D eigenvalue weighted by molar-refractivity contribution is 7.15. The zero-order valence-electron chi connectivity index (χ0n) is 13.6. The van der Waals surface area contributed by atoms with Crippen LogP contribution in [0.2, 0.25) is 0 Å². The van der Waals surface area contributed by atoms with E-state index in [-0.39, 0.29) is 0 Å². The van der Waals surface area contributed by atoms with E-state index in [1.54, 1.807) is 0 Å². The Hall–Kier alpha value is -0.650. The average Bonchev–Trinajstić information content (AvgIpc) is 2.97. The van der Waals surface area contributed by atoms with Crippen molar-refractivity contribution in [2.24, 2.45) is 0 Å². The van der Waals surface area contributed by atoms with Crippen LogP contribution in [0.1, 0.15) is 43.7 Å². The molecule has 1 atom stereocenters. The molecule has 0 radical (unpaired) electrons. The minimum Gasteiger partial charge on any atom is -0.346 e. The molecule has 118 valence electrons. The van der Waals surface area contributed by atoms with Gasteiger partial charge in [0, 0.05) is 43.1 Å². The van der Waals surface area contributed by atoms with Crippen molar-refractivity contribution in [2.75, 3.05) is 31.1 Å². The maximum absolute atomic E-state index is 4.85. The van der Waals surface area contributed by atoms with E-state index in [0.29, 0.717) is 6.04 Å². The van der Waals surface area contributed by atoms with E-state index in [1.165, 1.54) is 54.6 Å². The fraction of sp³-hybridized carbons (Fsp3) is 0.812. The highest BCUT2D eigenvalue weighted by Gasteiger charge is 2.29. The van der Waals surface area contributed by atoms with Gasteiger partial charge in [-0.2, -0.15) is 0 Å². The molecule has 1 N–H and O–H groups in total. The molecule has 1 aromatic rings. The van der Waals surface area contributed by atoms with Gasteiger partial charge in [0.1, 0.15) is 0 Å². The van der Waals surface area contributed by atoms with Gasteiger partial charge in [-0.1, -0.05) is 13.8 Å². The third-order valence-electron chi connectivity index (χ3n) is 4.63. The minimum atomic E-state index is 0.528. The molecule has 21 heavy (non-hydrogen) atoms. The lowest BCUT2D eigenvalue weighted by Crippen LogP contribution is -2.36. The molecule has 4 nitrogen and oxygen atoms in total. The number of fused-ring (bicyclic) bond motifs is 1. The van der Waals surface area contributed by atoms with Crippen LogP contribution in [0, 0.1) is 6.92 Å². The fourth-order valence-corrected chi connectivity index (χ4v) is 4.44. The van der Waals surface area contributed by atoms with Crippen LogP contribution in [0.5, 0.6) is 0 Å². The lowest BCUT2D eigenvalue weighted by atomic mass is 10.2. The molecular formula is C16H28N4S. The van der Waals surface area contributed by atoms with Crippen molar-refractivity contribution in [2.45, 2.75) is 58.7 Å². The van der Waals surface area contributed by atoms with Gasteiger partial charge in [0.15, 0.2) is 5.13 Å². The van der Waals surface area contributed by atoms with E-state index < -0.39 is 0 Å². The van der Waals surface area contributed by atoms with Crippen molar-refractivity contribution in [3.63, 3.8) is 0 Å². The van der Waals surface area contributed by atoms with Crippen LogP contribution in [0.25, 0.3) is 0 Å². The third-order valence-corrected chi connectivity index (χ3v) is 5.84. The maximum atomic E-state index is 4.85. The highest BCUT2D eigenvalue weighted by atomic mass is 32.1. The van der Waals surface area contributed by atoms with E-state index in [4.69, 9.17) is 4.98 Å². The average molecular weight is 308 g/mol. The van der Waals surface area contributed by atoms with Gasteiger partial charge >= 0.3 is 0 Å². The zero-order chi connectivity index (χ0) is 14.8. The van der Waals surface area contributed by atoms with E-state index in [2.05, 4.69) is 35.9 Å². The van der Waals surface area contributed by atoms with Crippen LogP contribution in [-0.4, -0.2) is 48.1 Å². The van der Waals surface area contributed by atoms with E-state index in [1.807, 2.05) is 11.3 Å². The van der Waals surface area contributed by atoms with Crippen LogP contribution in [0.15, 0.2) is 0 Å². The molecule has 2 aliphatic rings. The quantitative estimate of drug-likeness (QED) is 0.926. The number of hydrogen-bond donors (Lipinski definition) is 1. The Balaban J connectivity index is 1.69. The van der Waals surface area contributed by atoms with Gasteiger partial charge < -0.3 is 10.2 Å². The Kier molecular flexibility index (Phi) is 4.82. The lowest BCUT2D eigenvalue weighted by molar-refractivity contribution is 0.273. The molecule has 3 rings (SSSR count). The number of hydrogen-bond acceptors (Lipinski definition) is 5. The summed E-state index contributed by atoms with van der Waals surface area (Å²) >= 11 is 1.89. The number of aromatic nitrogens is 1. The molecular weight excluding hydrogens is 280 g/mol. The molecule has 0 saturated carbocycles. The van der Waals surface area contributed by atoms with E-state index >= 15 is 0 Å². The van der Waals surface area contributed by atoms with Crippen molar-refractivity contribution >= 4 is 16.5 Å². The van der Waals surface area contributed by atoms with Crippen LogP contribution in [0.4, 0.5) is 5.13 Å². The molecule has 2 aliphatic heterocycles. The Morgan fingerprint density at radius 3 is 2.90 bits per heavy atom. The second-order valence-electron chi connectivity index (χ2n) is 6.67. The number of anilines is 1. The Labute approximate surface area is 132 Å². The Morgan fingerprint density at radius 1 is 1.29 bits per heavy atom. The lowest BCUT2D eigenvalue weighted by Gasteiger charge is -2.25. The van der Waals surface area contributed by atoms with E-state index in [9.17, 15) is 0 Å². The van der Waals surface area contributed by atoms with Gasteiger partial charge in [0.2, 0.25) is 0 Å². The van der Waals surface area contributed by atoms with Gasteiger partial charge in [-0.05, 0) is 32.7 Å². The van der Waals surface area contributed by atoms with Crippen molar-refractivity contribution in [1.29, 1.82) is 0 Å². The smallest absolute Gasteiger partial charge is 0.185 e. The van der Waals surface area contributed by atoms with E-state index in [0.717, 1.165) is 19.1 Å². The molecule has 5 heteroatoms. The standard InChI is InChI=1S/C16H28N4S/c1-12(2)17-10-15-13(3)18-16(21-15)20-9-5-8-19-7-4-6-14(19)11-20/h12,14,17H,4-11H2,1-3H3. The molecule has 0 bridgehead atoms. The van der Waals surface area contributed by atoms with Crippen molar-refractivity contribution in [1.82, 2.24) is 15.2 Å². The number of rotatable bonds is 4. The van der Waals surface area contributed by atoms with Gasteiger partial charge in [0.05, 0.1) is 5.69 Å². The first-order valence-corrected chi connectivity index (χ1v) is 9.14. The van der Waals surface area contributed by atoms with Crippen molar-refractivity contribution in [3.05, 3.63) is 10.6 Å². The third kappa shape index (κ3) is 3.58. The summed E-state index contributed by atoms with van der Waals surface area (Å²) < 4.78 is 0. The summed E-state index contributed by atoms with van der Waals surface area (Å²) in [4.78, 5) is 11.5. The molecule has 1 unspecified atom stereocenters. The first-order valence-electron chi connectivity index (χ1n) is 8.32. The van der Waals surface area contributed by atoms with Gasteiger partial charge in [-0.25, -0.2) is 4.98 Å². The summed E-state index contributed by atoms with van der Waals surface area (Å²) in [5.74, 6) is 0. The Bertz CT molecular complexity index is 471. The number of nitrogens with zero attached hydrogens (tertiary/aromatic N) is 3. The first kappa shape index (κ1) is 15.3. The topological polar surface area (TPSA) is 31.4 Å². The predicted octanol–water partition coefficient (Wildman–Crippen LogP) is 2.62. The SMILES string of the molecule is Cc1nc(N2CCCN3CCCC3C2)sc1CNC(C)C. The summed E-state index contributed by atoms with van der Waals surface area (Å²) in [5.41, 5.74) is 1.20. The van der Waals surface area contributed by atoms with Gasteiger partial charge in [-0.3, -0.25) is 4.90 Å². The van der Waals surface area contributed by atoms with Crippen LogP contribution < -0.4 is 10.2 Å². The molecule has 0 aliphatic carbocycles. The molecule has 3 heterocycles. The molecule has 0 spiro atoms. The second kappa shape index (κ2) is 6.63. The van der Waals surface area contributed by atoms with Crippen LogP contribution in [0.3, 0.4) is 0 Å². The van der Waals surface area contributed by atoms with Crippen molar-refractivity contribution < 1.29 is 0 Å². The zero-order valence-corrected chi connectivity index (χ0v) is 14.4. The predicted molar refractivity (Wildman–Crippen MR) is 90.3 cm³/mol. The molecule has 0 aromatic carbocycles. The number of thiazole rings is 1. The Morgan fingerprint density at radius 2 is 2.10 bits per heavy atom. The maximum Gasteiger partial charge on any atom is 0.185 e. The van der Waals surface area contributed by atoms with Gasteiger partial charge in [-0.15, -0.1) is 11.3 Å². The summed E-state index contributed by atoms with van der Waals surface area (Å²) in [5, 5.41) is 4.75. The second-order valence-corrected chi connectivity index (χ2v) is 7.73. The normalized spacial score (nSPS) is 23.6. The molecule has 2 fully saturated rings. The summed E-state index contributed by atoms with van der Waals surface area (Å²) in [6.07, 6.45) is 4.01. The summed E-state index contributed by atoms with van der Waals surface area (Å²) in [7, 11) is 0. The molecule has 0 amide bonds. The minimum absolute atomic E-state index is 0.528. The van der Waals surface area contributed by atoms with Crippen LogP contribution in [-0.2, 0) is 6.54 Å². The van der Waals surface area contributed by atoms with Crippen LogP contribution >= 0.6 is 11.3 Å². The summed E-state index contributed by atoms with van der Waals surface area (Å²) in [6.45, 7) is 12.4. The number of aryl methyl sites for hydroxylation is 1. The largest absolute Gasteiger partial charge is 0.346 e. The van der Waals surface area contributed by atoms with Gasteiger partial charge in [0.25, 0.3) is 0 Å². The number of nitrogens with one attached hydrogen (secondary N) is 1. The fourth-order valence-electron chi connectivity index (χ4n) is 3.39. The monoisotopic (exact) mass is 308 g/mol. The molecule has 1 aromatic heterocycles. The summed E-state index contributed by atoms with van der Waals surface area (Å²) in [6, 6.07) is 1.29. The first-order chi connectivity index (χ1) is 10.1. The highest BCUT2D eigenvalue weighted by Crippen LogP contribution is 2.30. The van der Waals surface area contributed by atoms with Crippen molar-refractivity contribution in [3.8, 4) is 0 Å².